The van der Waals surface area contributed by atoms with Gasteiger partial charge in [0.15, 0.2) is 0 Å². The third-order valence-corrected chi connectivity index (χ3v) is 3.76. The summed E-state index contributed by atoms with van der Waals surface area (Å²) in [6.45, 7) is 10.9. The zero-order valence-electron chi connectivity index (χ0n) is 15.6. The van der Waals surface area contributed by atoms with E-state index in [2.05, 4.69) is 52.8 Å². The van der Waals surface area contributed by atoms with Gasteiger partial charge in [-0.2, -0.15) is 0 Å². The lowest BCUT2D eigenvalue weighted by Crippen LogP contribution is -2.00. The van der Waals surface area contributed by atoms with E-state index in [9.17, 15) is 4.79 Å². The first kappa shape index (κ1) is 20.0. The van der Waals surface area contributed by atoms with Crippen LogP contribution in [0, 0.1) is 0 Å². The molecule has 0 aliphatic carbocycles. The van der Waals surface area contributed by atoms with Gasteiger partial charge in [-0.3, -0.25) is 0 Å². The molecule has 0 N–H and O–H groups in total. The Morgan fingerprint density at radius 2 is 1.75 bits per heavy atom. The van der Waals surface area contributed by atoms with Crippen LogP contribution in [0.25, 0.3) is 6.08 Å². The first-order chi connectivity index (χ1) is 11.4. The molecule has 1 aromatic rings. The maximum atomic E-state index is 11.7. The molecule has 1 aromatic carbocycles. The average Bonchev–Trinajstić information content (AvgIpc) is 2.53. The summed E-state index contributed by atoms with van der Waals surface area (Å²) in [6, 6.07) is 8.22. The van der Waals surface area contributed by atoms with Crippen LogP contribution in [0.2, 0.25) is 0 Å². The first-order valence-corrected chi connectivity index (χ1v) is 8.62. The molecule has 0 aromatic heterocycles. The van der Waals surface area contributed by atoms with Crippen LogP contribution in [0.4, 0.5) is 0 Å². The fraction of sp³-hybridized carbons (Fsp3) is 0.409. The largest absolute Gasteiger partial charge is 0.458 e. The van der Waals surface area contributed by atoms with Gasteiger partial charge in [0.1, 0.15) is 6.61 Å². The number of benzene rings is 1. The van der Waals surface area contributed by atoms with Crippen molar-refractivity contribution >= 4 is 12.0 Å². The normalized spacial score (nSPS) is 11.8. The van der Waals surface area contributed by atoms with E-state index in [1.165, 1.54) is 22.8 Å². The van der Waals surface area contributed by atoms with Crippen molar-refractivity contribution in [1.29, 1.82) is 0 Å². The Morgan fingerprint density at radius 1 is 1.08 bits per heavy atom. The molecule has 0 aliphatic heterocycles. The van der Waals surface area contributed by atoms with Crippen LogP contribution in [0.5, 0.6) is 0 Å². The maximum absolute atomic E-state index is 11.7. The molecular formula is C22H30O2. The number of allylic oxidation sites excluding steroid dienone is 3. The molecule has 0 amide bonds. The highest BCUT2D eigenvalue weighted by atomic mass is 16.5. The molecule has 2 heteroatoms. The quantitative estimate of drug-likeness (QED) is 0.330. The van der Waals surface area contributed by atoms with Gasteiger partial charge in [0.2, 0.25) is 0 Å². The summed E-state index contributed by atoms with van der Waals surface area (Å²) in [5.74, 6) is 0.205. The van der Waals surface area contributed by atoms with Gasteiger partial charge in [-0.1, -0.05) is 55.3 Å². The Morgan fingerprint density at radius 3 is 2.33 bits per heavy atom. The van der Waals surface area contributed by atoms with E-state index < -0.39 is 0 Å². The van der Waals surface area contributed by atoms with Crippen LogP contribution in [0.15, 0.2) is 53.6 Å². The van der Waals surface area contributed by atoms with Crippen molar-refractivity contribution < 1.29 is 9.53 Å². The Kier molecular flexibility index (Phi) is 8.85. The lowest BCUT2D eigenvalue weighted by molar-refractivity contribution is -0.136. The van der Waals surface area contributed by atoms with E-state index >= 15 is 0 Å². The monoisotopic (exact) mass is 326 g/mol. The summed E-state index contributed by atoms with van der Waals surface area (Å²) in [5.41, 5.74) is 4.88. The highest BCUT2D eigenvalue weighted by molar-refractivity contribution is 5.87. The van der Waals surface area contributed by atoms with E-state index in [1.54, 1.807) is 6.08 Å². The molecule has 0 saturated carbocycles. The van der Waals surface area contributed by atoms with Crippen LogP contribution >= 0.6 is 0 Å². The van der Waals surface area contributed by atoms with Crippen molar-refractivity contribution in [2.45, 2.75) is 53.4 Å². The lowest BCUT2D eigenvalue weighted by atomic mass is 10.0. The maximum Gasteiger partial charge on any atom is 0.331 e. The Labute approximate surface area is 146 Å². The molecule has 0 radical (unpaired) electrons. The summed E-state index contributed by atoms with van der Waals surface area (Å²) >= 11 is 0. The minimum Gasteiger partial charge on any atom is -0.458 e. The van der Waals surface area contributed by atoms with Gasteiger partial charge in [0.05, 0.1) is 0 Å². The van der Waals surface area contributed by atoms with Crippen LogP contribution in [0.3, 0.4) is 0 Å². The summed E-state index contributed by atoms with van der Waals surface area (Å²) in [6.07, 6.45) is 9.50. The molecule has 0 aliphatic rings. The summed E-state index contributed by atoms with van der Waals surface area (Å²) in [7, 11) is 0. The van der Waals surface area contributed by atoms with Gasteiger partial charge in [0, 0.05) is 6.08 Å². The molecule has 0 spiro atoms. The number of carbonyl (C=O) groups is 1. The van der Waals surface area contributed by atoms with Crippen molar-refractivity contribution in [2.24, 2.45) is 0 Å². The van der Waals surface area contributed by atoms with Gasteiger partial charge >= 0.3 is 5.97 Å². The third kappa shape index (κ3) is 8.52. The van der Waals surface area contributed by atoms with Crippen LogP contribution in [0.1, 0.15) is 64.5 Å². The van der Waals surface area contributed by atoms with Gasteiger partial charge in [-0.15, -0.1) is 0 Å². The summed E-state index contributed by atoms with van der Waals surface area (Å²) in [5, 5.41) is 0. The molecule has 0 unspecified atom stereocenters. The minimum atomic E-state index is -0.309. The number of carbonyl (C=O) groups excluding carboxylic acids is 1. The Balaban J connectivity index is 2.39. The fourth-order valence-corrected chi connectivity index (χ4v) is 2.16. The predicted octanol–water partition coefficient (Wildman–Crippen LogP) is 6.06. The first-order valence-electron chi connectivity index (χ1n) is 8.62. The van der Waals surface area contributed by atoms with E-state index in [-0.39, 0.29) is 5.97 Å². The molecule has 1 rings (SSSR count). The third-order valence-electron chi connectivity index (χ3n) is 3.76. The van der Waals surface area contributed by atoms with Gasteiger partial charge < -0.3 is 4.74 Å². The second-order valence-electron chi connectivity index (χ2n) is 6.66. The van der Waals surface area contributed by atoms with E-state index in [0.29, 0.717) is 12.5 Å². The Bertz CT molecular complexity index is 597. The zero-order chi connectivity index (χ0) is 17.9. The number of hydrogen-bond donors (Lipinski definition) is 0. The number of ether oxygens (including phenoxy) is 1. The molecule has 0 saturated heterocycles. The highest BCUT2D eigenvalue weighted by Crippen LogP contribution is 2.15. The lowest BCUT2D eigenvalue weighted by Gasteiger charge is -2.04. The van der Waals surface area contributed by atoms with Crippen LogP contribution in [-0.2, 0) is 9.53 Å². The second kappa shape index (κ2) is 10.6. The van der Waals surface area contributed by atoms with Crippen molar-refractivity contribution in [3.8, 4) is 0 Å². The molecular weight excluding hydrogens is 296 g/mol. The number of esters is 1. The molecule has 0 heterocycles. The standard InChI is InChI=1S/C22H30O2/c1-17(2)7-6-8-19(5)15-16-24-22(23)14-11-20-9-12-21(13-10-20)18(3)4/h7,9-15,18H,6,8,16H2,1-5H3/b14-11+,19-15+. The van der Waals surface area contributed by atoms with Crippen molar-refractivity contribution in [3.63, 3.8) is 0 Å². The van der Waals surface area contributed by atoms with E-state index in [0.717, 1.165) is 18.4 Å². The van der Waals surface area contributed by atoms with Crippen molar-refractivity contribution in [1.82, 2.24) is 0 Å². The number of hydrogen-bond acceptors (Lipinski definition) is 2. The molecule has 24 heavy (non-hydrogen) atoms. The Hall–Kier alpha value is -2.09. The molecule has 130 valence electrons. The smallest absolute Gasteiger partial charge is 0.331 e. The van der Waals surface area contributed by atoms with Gasteiger partial charge in [0.25, 0.3) is 0 Å². The molecule has 0 fully saturated rings. The number of rotatable bonds is 8. The highest BCUT2D eigenvalue weighted by Gasteiger charge is 1.99. The average molecular weight is 326 g/mol. The predicted molar refractivity (Wildman–Crippen MR) is 103 cm³/mol. The molecule has 2 nitrogen and oxygen atoms in total. The summed E-state index contributed by atoms with van der Waals surface area (Å²) < 4.78 is 5.21. The van der Waals surface area contributed by atoms with E-state index in [4.69, 9.17) is 4.74 Å². The van der Waals surface area contributed by atoms with Crippen molar-refractivity contribution in [2.75, 3.05) is 6.61 Å². The van der Waals surface area contributed by atoms with Crippen LogP contribution < -0.4 is 0 Å². The second-order valence-corrected chi connectivity index (χ2v) is 6.66. The summed E-state index contributed by atoms with van der Waals surface area (Å²) in [4.78, 5) is 11.7. The topological polar surface area (TPSA) is 26.3 Å². The van der Waals surface area contributed by atoms with Gasteiger partial charge in [-0.25, -0.2) is 4.79 Å². The molecule has 0 bridgehead atoms. The SMILES string of the molecule is CC(C)=CCC/C(C)=C/COC(=O)/C=C/c1ccc(C(C)C)cc1. The zero-order valence-corrected chi connectivity index (χ0v) is 15.6. The van der Waals surface area contributed by atoms with Crippen molar-refractivity contribution in [3.05, 3.63) is 64.8 Å². The fourth-order valence-electron chi connectivity index (χ4n) is 2.16. The van der Waals surface area contributed by atoms with Gasteiger partial charge in [-0.05, 0) is 62.8 Å². The van der Waals surface area contributed by atoms with E-state index in [1.807, 2.05) is 18.2 Å². The molecule has 0 atom stereocenters. The van der Waals surface area contributed by atoms with Crippen LogP contribution in [-0.4, -0.2) is 12.6 Å². The minimum absolute atomic E-state index is 0.309.